The second-order valence-electron chi connectivity index (χ2n) is 3.84. The van der Waals surface area contributed by atoms with Crippen molar-refractivity contribution in [2.75, 3.05) is 0 Å². The average Bonchev–Trinajstić information content (AvgIpc) is 2.29. The SMILES string of the molecule is C=CC(C)Oc1c(C(C)O)cc(Br)cc1[N+](=O)[O-]. The number of nitrogens with zero attached hydrogens (tertiary/aromatic N) is 1. The molecular weight excluding hydrogens is 302 g/mol. The molecule has 1 aromatic rings. The molecule has 6 heteroatoms. The third-order valence-electron chi connectivity index (χ3n) is 2.35. The van der Waals surface area contributed by atoms with Gasteiger partial charge in [-0.1, -0.05) is 28.6 Å². The summed E-state index contributed by atoms with van der Waals surface area (Å²) in [5.41, 5.74) is 0.179. The van der Waals surface area contributed by atoms with Crippen molar-refractivity contribution in [1.82, 2.24) is 0 Å². The molecule has 0 spiro atoms. The van der Waals surface area contributed by atoms with Gasteiger partial charge in [0.2, 0.25) is 5.75 Å². The third-order valence-corrected chi connectivity index (χ3v) is 2.80. The minimum absolute atomic E-state index is 0.0746. The summed E-state index contributed by atoms with van der Waals surface area (Å²) in [4.78, 5) is 10.5. The molecule has 1 rings (SSSR count). The fraction of sp³-hybridized carbons (Fsp3) is 0.333. The minimum Gasteiger partial charge on any atom is -0.479 e. The van der Waals surface area contributed by atoms with E-state index in [-0.39, 0.29) is 17.5 Å². The van der Waals surface area contributed by atoms with E-state index in [0.717, 1.165) is 0 Å². The molecule has 1 N–H and O–H groups in total. The number of hydrogen-bond donors (Lipinski definition) is 1. The lowest BCUT2D eigenvalue weighted by Crippen LogP contribution is -2.12. The predicted octanol–water partition coefficient (Wildman–Crippen LogP) is 3.36. The molecule has 0 aliphatic heterocycles. The first-order valence-corrected chi connectivity index (χ1v) is 6.11. The topological polar surface area (TPSA) is 72.6 Å². The maximum Gasteiger partial charge on any atom is 0.312 e. The molecule has 0 saturated heterocycles. The molecule has 1 aromatic carbocycles. The minimum atomic E-state index is -0.867. The van der Waals surface area contributed by atoms with Crippen molar-refractivity contribution < 1.29 is 14.8 Å². The quantitative estimate of drug-likeness (QED) is 0.513. The molecule has 0 fully saturated rings. The van der Waals surface area contributed by atoms with E-state index in [9.17, 15) is 15.2 Å². The first-order valence-electron chi connectivity index (χ1n) is 5.32. The first kappa shape index (κ1) is 14.7. The molecule has 0 saturated carbocycles. The number of aliphatic hydroxyl groups is 1. The molecule has 0 aliphatic carbocycles. The summed E-state index contributed by atoms with van der Waals surface area (Å²) in [6, 6.07) is 2.94. The van der Waals surface area contributed by atoms with Gasteiger partial charge in [-0.15, -0.1) is 0 Å². The normalized spacial score (nSPS) is 13.8. The molecule has 2 atom stereocenters. The van der Waals surface area contributed by atoms with Gasteiger partial charge in [0.1, 0.15) is 6.10 Å². The van der Waals surface area contributed by atoms with Gasteiger partial charge in [-0.3, -0.25) is 10.1 Å². The molecule has 0 radical (unpaired) electrons. The Hall–Kier alpha value is -1.40. The molecule has 0 heterocycles. The molecule has 0 aromatic heterocycles. The van der Waals surface area contributed by atoms with Crippen LogP contribution in [0.4, 0.5) is 5.69 Å². The predicted molar refractivity (Wildman–Crippen MR) is 71.7 cm³/mol. The summed E-state index contributed by atoms with van der Waals surface area (Å²) in [5.74, 6) is 0.0746. The van der Waals surface area contributed by atoms with E-state index >= 15 is 0 Å². The molecule has 2 unspecified atom stereocenters. The van der Waals surface area contributed by atoms with Gasteiger partial charge in [0, 0.05) is 16.1 Å². The maximum atomic E-state index is 11.0. The Balaban J connectivity index is 3.40. The van der Waals surface area contributed by atoms with E-state index in [4.69, 9.17) is 4.74 Å². The van der Waals surface area contributed by atoms with Gasteiger partial charge in [0.15, 0.2) is 0 Å². The highest BCUT2D eigenvalue weighted by Gasteiger charge is 2.24. The van der Waals surface area contributed by atoms with E-state index in [1.165, 1.54) is 19.1 Å². The molecule has 0 aliphatic rings. The van der Waals surface area contributed by atoms with Gasteiger partial charge in [-0.05, 0) is 19.9 Å². The smallest absolute Gasteiger partial charge is 0.312 e. The van der Waals surface area contributed by atoms with Crippen LogP contribution in [0.5, 0.6) is 5.75 Å². The number of nitro groups is 1. The lowest BCUT2D eigenvalue weighted by Gasteiger charge is -2.16. The van der Waals surface area contributed by atoms with Gasteiger partial charge < -0.3 is 9.84 Å². The Bertz CT molecular complexity index is 473. The fourth-order valence-corrected chi connectivity index (χ4v) is 1.87. The van der Waals surface area contributed by atoms with Crippen LogP contribution in [0.3, 0.4) is 0 Å². The van der Waals surface area contributed by atoms with Crippen LogP contribution in [0.25, 0.3) is 0 Å². The van der Waals surface area contributed by atoms with Crippen LogP contribution in [0.1, 0.15) is 25.5 Å². The molecule has 0 bridgehead atoms. The lowest BCUT2D eigenvalue weighted by molar-refractivity contribution is -0.386. The van der Waals surface area contributed by atoms with Crippen LogP contribution in [0, 0.1) is 10.1 Å². The second kappa shape index (κ2) is 5.97. The van der Waals surface area contributed by atoms with Crippen molar-refractivity contribution in [3.63, 3.8) is 0 Å². The highest BCUT2D eigenvalue weighted by atomic mass is 79.9. The van der Waals surface area contributed by atoms with Gasteiger partial charge in [-0.2, -0.15) is 0 Å². The van der Waals surface area contributed by atoms with Gasteiger partial charge in [0.25, 0.3) is 0 Å². The first-order chi connectivity index (χ1) is 8.36. The molecule has 98 valence electrons. The number of halogens is 1. The Morgan fingerprint density at radius 2 is 2.17 bits per heavy atom. The summed E-state index contributed by atoms with van der Waals surface area (Å²) in [5, 5.41) is 20.7. The van der Waals surface area contributed by atoms with Gasteiger partial charge >= 0.3 is 5.69 Å². The number of benzene rings is 1. The highest BCUT2D eigenvalue weighted by Crippen LogP contribution is 2.38. The Morgan fingerprint density at radius 1 is 1.56 bits per heavy atom. The summed E-state index contributed by atoms with van der Waals surface area (Å²) >= 11 is 3.18. The number of ether oxygens (including phenoxy) is 1. The van der Waals surface area contributed by atoms with E-state index in [1.807, 2.05) is 0 Å². The van der Waals surface area contributed by atoms with Crippen molar-refractivity contribution >= 4 is 21.6 Å². The van der Waals surface area contributed by atoms with Crippen molar-refractivity contribution in [2.45, 2.75) is 26.1 Å². The number of aliphatic hydroxyl groups excluding tert-OH is 1. The maximum absolute atomic E-state index is 11.0. The van der Waals surface area contributed by atoms with Crippen molar-refractivity contribution in [1.29, 1.82) is 0 Å². The van der Waals surface area contributed by atoms with Crippen LogP contribution >= 0.6 is 15.9 Å². The highest BCUT2D eigenvalue weighted by molar-refractivity contribution is 9.10. The van der Waals surface area contributed by atoms with Crippen LogP contribution in [0.15, 0.2) is 29.3 Å². The zero-order chi connectivity index (χ0) is 13.9. The fourth-order valence-electron chi connectivity index (χ4n) is 1.41. The summed E-state index contributed by atoms with van der Waals surface area (Å²) in [6.07, 6.45) is 0.271. The van der Waals surface area contributed by atoms with Gasteiger partial charge in [0.05, 0.1) is 11.0 Å². The van der Waals surface area contributed by atoms with Crippen LogP contribution in [0.2, 0.25) is 0 Å². The monoisotopic (exact) mass is 315 g/mol. The van der Waals surface area contributed by atoms with Crippen molar-refractivity contribution in [3.05, 3.63) is 44.9 Å². The van der Waals surface area contributed by atoms with Crippen LogP contribution < -0.4 is 4.74 Å². The second-order valence-corrected chi connectivity index (χ2v) is 4.75. The summed E-state index contributed by atoms with van der Waals surface area (Å²) < 4.78 is 5.98. The number of hydrogen-bond acceptors (Lipinski definition) is 4. The number of nitro benzene ring substituents is 1. The largest absolute Gasteiger partial charge is 0.479 e. The lowest BCUT2D eigenvalue weighted by atomic mass is 10.1. The Labute approximate surface area is 113 Å². The van der Waals surface area contributed by atoms with E-state index in [0.29, 0.717) is 10.0 Å². The Morgan fingerprint density at radius 3 is 2.61 bits per heavy atom. The number of rotatable bonds is 5. The zero-order valence-electron chi connectivity index (χ0n) is 10.1. The summed E-state index contributed by atoms with van der Waals surface area (Å²) in [7, 11) is 0. The standard InChI is InChI=1S/C12H14BrNO4/c1-4-7(2)18-12-10(8(3)15)5-9(13)6-11(12)14(16)17/h4-8,15H,1H2,2-3H3. The molecule has 5 nitrogen and oxygen atoms in total. The van der Waals surface area contributed by atoms with Crippen LogP contribution in [-0.4, -0.2) is 16.1 Å². The Kier molecular flexibility index (Phi) is 4.86. The molecule has 0 amide bonds. The van der Waals surface area contributed by atoms with Crippen LogP contribution in [-0.2, 0) is 0 Å². The van der Waals surface area contributed by atoms with E-state index in [2.05, 4.69) is 22.5 Å². The van der Waals surface area contributed by atoms with E-state index in [1.54, 1.807) is 13.0 Å². The van der Waals surface area contributed by atoms with Crippen molar-refractivity contribution in [2.24, 2.45) is 0 Å². The van der Waals surface area contributed by atoms with Gasteiger partial charge in [-0.25, -0.2) is 0 Å². The third kappa shape index (κ3) is 3.30. The van der Waals surface area contributed by atoms with Crippen molar-refractivity contribution in [3.8, 4) is 5.75 Å². The molecule has 18 heavy (non-hydrogen) atoms. The summed E-state index contributed by atoms with van der Waals surface area (Å²) in [6.45, 7) is 6.79. The molecular formula is C12H14BrNO4. The van der Waals surface area contributed by atoms with E-state index < -0.39 is 11.0 Å². The zero-order valence-corrected chi connectivity index (χ0v) is 11.7. The average molecular weight is 316 g/mol.